The summed E-state index contributed by atoms with van der Waals surface area (Å²) in [4.78, 5) is 0. The van der Waals surface area contributed by atoms with Gasteiger partial charge in [-0.25, -0.2) is 0 Å². The second-order valence-corrected chi connectivity index (χ2v) is 17.0. The van der Waals surface area contributed by atoms with Crippen LogP contribution in [-0.2, 0) is 10.1 Å². The van der Waals surface area contributed by atoms with Crippen molar-refractivity contribution < 1.29 is 40.0 Å². The summed E-state index contributed by atoms with van der Waals surface area (Å²) in [6, 6.07) is 43.3. The van der Waals surface area contributed by atoms with E-state index in [0.717, 1.165) is 13.2 Å². The minimum atomic E-state index is -6.20. The van der Waals surface area contributed by atoms with Crippen molar-refractivity contribution >= 4 is 10.1 Å². The van der Waals surface area contributed by atoms with E-state index in [9.17, 15) is 42.6 Å². The quantitative estimate of drug-likeness (QED) is 0.0920. The standard InChI is InChI=1S/C62H31F3N4O6S/c1-72-58-34-52(26-22-44-8-16-48(40-68)17-9-44)50(24-20-42-4-12-46(38-66)13-5-42)32-56(58)30-28-54-36-60(74-3)61(75-76(70,71)62(63,64)65)37-55(54)29-31-57-33-51(25-21-43-6-14-47(39-67)15-7-43)53(35-59(57)73-2)27-23-45-10-18-49(41-69)19-11-45/h4-19,32-37H,1-3H3. The fraction of sp³-hybridized carbons (Fsp3) is 0.0645. The van der Waals surface area contributed by atoms with Crippen LogP contribution in [0.3, 0.4) is 0 Å². The third-order valence-electron chi connectivity index (χ3n) is 10.6. The molecule has 0 saturated heterocycles. The Balaban J connectivity index is 1.40. The fourth-order valence-corrected chi connectivity index (χ4v) is 7.06. The first-order valence-corrected chi connectivity index (χ1v) is 23.4. The van der Waals surface area contributed by atoms with E-state index in [-0.39, 0.29) is 33.8 Å². The average Bonchev–Trinajstić information content (AvgIpc) is 3.44. The second-order valence-electron chi connectivity index (χ2n) is 15.5. The van der Waals surface area contributed by atoms with Gasteiger partial charge in [-0.3, -0.25) is 0 Å². The van der Waals surface area contributed by atoms with Gasteiger partial charge in [-0.15, -0.1) is 0 Å². The van der Waals surface area contributed by atoms with Crippen LogP contribution in [0.5, 0.6) is 23.0 Å². The Bertz CT molecular complexity index is 4150. The molecule has 0 heterocycles. The van der Waals surface area contributed by atoms with Crippen LogP contribution in [0.15, 0.2) is 133 Å². The molecule has 10 nitrogen and oxygen atoms in total. The normalized spacial score (nSPS) is 9.92. The summed E-state index contributed by atoms with van der Waals surface area (Å²) < 4.78 is 87.3. The zero-order valence-electron chi connectivity index (χ0n) is 40.0. The molecule has 0 spiro atoms. The third kappa shape index (κ3) is 13.2. The highest BCUT2D eigenvalue weighted by Gasteiger charge is 2.49. The lowest BCUT2D eigenvalue weighted by atomic mass is 10.0. The zero-order chi connectivity index (χ0) is 54.2. The maximum Gasteiger partial charge on any atom is 0.534 e. The molecule has 0 aliphatic carbocycles. The molecule has 76 heavy (non-hydrogen) atoms. The maximum absolute atomic E-state index is 13.7. The van der Waals surface area contributed by atoms with Crippen molar-refractivity contribution in [3.05, 3.63) is 222 Å². The first-order chi connectivity index (χ1) is 36.6. The van der Waals surface area contributed by atoms with Crippen molar-refractivity contribution in [2.45, 2.75) is 5.51 Å². The van der Waals surface area contributed by atoms with Gasteiger partial charge in [0.05, 0.1) is 79.0 Å². The van der Waals surface area contributed by atoms with Crippen LogP contribution in [0.1, 0.15) is 89.0 Å². The highest BCUT2D eigenvalue weighted by atomic mass is 32.2. The van der Waals surface area contributed by atoms with E-state index in [2.05, 4.69) is 99.5 Å². The minimum Gasteiger partial charge on any atom is -0.495 e. The van der Waals surface area contributed by atoms with Crippen LogP contribution >= 0.6 is 0 Å². The van der Waals surface area contributed by atoms with Gasteiger partial charge in [-0.1, -0.05) is 71.0 Å². The first kappa shape index (κ1) is 52.6. The fourth-order valence-electron chi connectivity index (χ4n) is 6.60. The predicted molar refractivity (Wildman–Crippen MR) is 275 cm³/mol. The van der Waals surface area contributed by atoms with Gasteiger partial charge in [0.15, 0.2) is 11.5 Å². The molecule has 14 heteroatoms. The number of nitriles is 4. The minimum absolute atomic E-state index is 0.0442. The van der Waals surface area contributed by atoms with Crippen LogP contribution in [0, 0.1) is 116 Å². The molecule has 0 aromatic heterocycles. The summed E-state index contributed by atoms with van der Waals surface area (Å²) in [5.74, 6) is 35.8. The van der Waals surface area contributed by atoms with Crippen molar-refractivity contribution in [2.75, 3.05) is 21.3 Å². The molecular weight excluding hydrogens is 986 g/mol. The van der Waals surface area contributed by atoms with Gasteiger partial charge in [0, 0.05) is 67.8 Å². The van der Waals surface area contributed by atoms with E-state index in [4.69, 9.17) is 14.2 Å². The smallest absolute Gasteiger partial charge is 0.495 e. The zero-order valence-corrected chi connectivity index (χ0v) is 40.8. The van der Waals surface area contributed by atoms with Crippen molar-refractivity contribution in [3.8, 4) is 118 Å². The van der Waals surface area contributed by atoms with Gasteiger partial charge in [-0.05, 0) is 121 Å². The molecule has 0 atom stereocenters. The Labute approximate surface area is 436 Å². The van der Waals surface area contributed by atoms with E-state index < -0.39 is 27.1 Å². The molecule has 362 valence electrons. The molecule has 0 amide bonds. The number of methoxy groups -OCH3 is 3. The topological polar surface area (TPSA) is 166 Å². The molecule has 7 aromatic rings. The van der Waals surface area contributed by atoms with Gasteiger partial charge in [0.2, 0.25) is 0 Å². The van der Waals surface area contributed by atoms with E-state index in [1.165, 1.54) is 20.3 Å². The summed E-state index contributed by atoms with van der Waals surface area (Å²) in [6.45, 7) is 0. The van der Waals surface area contributed by atoms with Crippen LogP contribution in [0.2, 0.25) is 0 Å². The number of ether oxygens (including phenoxy) is 3. The number of hydrogen-bond donors (Lipinski definition) is 0. The van der Waals surface area contributed by atoms with E-state index in [1.54, 1.807) is 121 Å². The number of halogens is 3. The molecule has 0 radical (unpaired) electrons. The summed E-state index contributed by atoms with van der Waals surface area (Å²) in [7, 11) is -2.30. The monoisotopic (exact) mass is 1020 g/mol. The number of rotatable bonds is 5. The molecule has 0 unspecified atom stereocenters. The molecular formula is C62H31F3N4O6S. The van der Waals surface area contributed by atoms with Gasteiger partial charge < -0.3 is 18.4 Å². The first-order valence-electron chi connectivity index (χ1n) is 22.0. The summed E-state index contributed by atoms with van der Waals surface area (Å²) >= 11 is 0. The van der Waals surface area contributed by atoms with E-state index >= 15 is 0 Å². The lowest BCUT2D eigenvalue weighted by Gasteiger charge is -2.13. The highest BCUT2D eigenvalue weighted by molar-refractivity contribution is 7.88. The molecule has 0 bridgehead atoms. The van der Waals surface area contributed by atoms with Crippen molar-refractivity contribution in [1.82, 2.24) is 0 Å². The van der Waals surface area contributed by atoms with Gasteiger partial charge in [0.1, 0.15) is 11.5 Å². The van der Waals surface area contributed by atoms with Gasteiger partial charge in [-0.2, -0.15) is 42.6 Å². The molecule has 0 fully saturated rings. The van der Waals surface area contributed by atoms with Crippen molar-refractivity contribution in [1.29, 1.82) is 21.0 Å². The lowest BCUT2D eigenvalue weighted by molar-refractivity contribution is -0.0500. The Morgan fingerprint density at radius 2 is 0.553 bits per heavy atom. The van der Waals surface area contributed by atoms with Crippen LogP contribution < -0.4 is 18.4 Å². The summed E-state index contributed by atoms with van der Waals surface area (Å²) in [5.41, 5.74) is 0.424. The number of hydrogen-bond acceptors (Lipinski definition) is 10. The lowest BCUT2D eigenvalue weighted by Crippen LogP contribution is -2.28. The number of alkyl halides is 3. The Kier molecular flexibility index (Phi) is 16.5. The molecule has 0 saturated carbocycles. The Morgan fingerprint density at radius 3 is 0.816 bits per heavy atom. The average molecular weight is 1020 g/mol. The maximum atomic E-state index is 13.7. The second kappa shape index (κ2) is 23.8. The molecule has 7 aromatic carbocycles. The molecule has 0 aliphatic rings. The SMILES string of the molecule is COc1cc(C#Cc2ccc(C#N)cc2)c(C#Cc2ccc(C#N)cc2)cc1C#Cc1cc(OC)c(OS(=O)(=O)C(F)(F)F)cc1C#Cc1cc(C#Cc2ccc(C#N)cc2)c(C#Cc2ccc(C#N)cc2)cc1OC. The van der Waals surface area contributed by atoms with Crippen molar-refractivity contribution in [2.24, 2.45) is 0 Å². The van der Waals surface area contributed by atoms with E-state index in [0.29, 0.717) is 66.8 Å². The number of benzene rings is 7. The van der Waals surface area contributed by atoms with Gasteiger partial charge >= 0.3 is 15.6 Å². The Hall–Kier alpha value is -11.2. The van der Waals surface area contributed by atoms with Crippen molar-refractivity contribution in [3.63, 3.8) is 0 Å². The van der Waals surface area contributed by atoms with E-state index in [1.807, 2.05) is 0 Å². The van der Waals surface area contributed by atoms with Gasteiger partial charge in [0.25, 0.3) is 0 Å². The third-order valence-corrected chi connectivity index (χ3v) is 11.5. The van der Waals surface area contributed by atoms with Crippen LogP contribution in [0.25, 0.3) is 0 Å². The molecule has 7 rings (SSSR count). The van der Waals surface area contributed by atoms with Crippen LogP contribution in [-0.4, -0.2) is 35.3 Å². The largest absolute Gasteiger partial charge is 0.534 e. The van der Waals surface area contributed by atoms with Crippen LogP contribution in [0.4, 0.5) is 13.2 Å². The Morgan fingerprint density at radius 1 is 0.329 bits per heavy atom. The summed E-state index contributed by atoms with van der Waals surface area (Å²) in [6.07, 6.45) is 0. The predicted octanol–water partition coefficient (Wildman–Crippen LogP) is 9.83. The summed E-state index contributed by atoms with van der Waals surface area (Å²) in [5, 5.41) is 37.1. The number of nitrogens with zero attached hydrogens (tertiary/aromatic N) is 4. The highest BCUT2D eigenvalue weighted by Crippen LogP contribution is 2.36. The molecule has 0 N–H and O–H groups in total. The molecule has 0 aliphatic heterocycles.